The minimum absolute atomic E-state index is 0.329. The second-order valence-electron chi connectivity index (χ2n) is 6.93. The van der Waals surface area contributed by atoms with Crippen molar-refractivity contribution in [3.05, 3.63) is 93.9 Å². The third-order valence-electron chi connectivity index (χ3n) is 4.98. The zero-order valence-electron chi connectivity index (χ0n) is 16.3. The van der Waals surface area contributed by atoms with E-state index in [1.165, 1.54) is 24.8 Å². The van der Waals surface area contributed by atoms with Gasteiger partial charge in [-0.2, -0.15) is 5.10 Å². The van der Waals surface area contributed by atoms with Crippen molar-refractivity contribution >= 4 is 34.1 Å². The van der Waals surface area contributed by atoms with Gasteiger partial charge in [0.1, 0.15) is 0 Å². The molecule has 0 aliphatic rings. The van der Waals surface area contributed by atoms with E-state index >= 15 is 0 Å². The molecular formula is C22H15ClN6O2. The lowest BCUT2D eigenvalue weighted by atomic mass is 10.1. The Hall–Kier alpha value is -4.04. The Morgan fingerprint density at radius 3 is 2.55 bits per heavy atom. The molecule has 9 heteroatoms. The number of carbonyl (C=O) groups is 1. The highest BCUT2D eigenvalue weighted by Crippen LogP contribution is 2.29. The smallest absolute Gasteiger partial charge is 0.267 e. The van der Waals surface area contributed by atoms with Gasteiger partial charge in [-0.25, -0.2) is 14.2 Å². The van der Waals surface area contributed by atoms with Crippen molar-refractivity contribution in [3.8, 4) is 11.1 Å². The zero-order valence-corrected chi connectivity index (χ0v) is 17.0. The number of benzene rings is 1. The number of nitrogens with zero attached hydrogens (tertiary/aromatic N) is 5. The normalized spacial score (nSPS) is 11.2. The van der Waals surface area contributed by atoms with E-state index in [2.05, 4.69) is 20.5 Å². The van der Waals surface area contributed by atoms with E-state index in [-0.39, 0.29) is 0 Å². The maximum absolute atomic E-state index is 13.0. The fourth-order valence-corrected chi connectivity index (χ4v) is 3.62. The Bertz CT molecular complexity index is 1510. The van der Waals surface area contributed by atoms with Crippen molar-refractivity contribution < 1.29 is 4.79 Å². The molecule has 5 aromatic rings. The number of halogens is 1. The van der Waals surface area contributed by atoms with Crippen LogP contribution in [-0.4, -0.2) is 30.2 Å². The van der Waals surface area contributed by atoms with E-state index in [4.69, 9.17) is 11.6 Å². The summed E-state index contributed by atoms with van der Waals surface area (Å²) in [6, 6.07) is 12.3. The molecule has 0 unspecified atom stereocenters. The average molecular weight is 431 g/mol. The van der Waals surface area contributed by atoms with E-state index < -0.39 is 11.5 Å². The molecular weight excluding hydrogens is 416 g/mol. The Morgan fingerprint density at radius 1 is 1.06 bits per heavy atom. The number of fused-ring (bicyclic) bond motifs is 3. The monoisotopic (exact) mass is 430 g/mol. The van der Waals surface area contributed by atoms with Crippen LogP contribution in [0.15, 0.2) is 72.0 Å². The standard InChI is InChI=1S/C22H15ClN6O2/c1-13-19(14-2-4-16(23)5-3-14)20-25-12-17-18(29(20)26-13)8-11-28(22(17)31)27-21(30)15-6-9-24-10-7-15/h2-12H,1H3,(H,27,30). The minimum Gasteiger partial charge on any atom is -0.267 e. The zero-order chi connectivity index (χ0) is 21.5. The third kappa shape index (κ3) is 3.23. The lowest BCUT2D eigenvalue weighted by Crippen LogP contribution is -2.33. The van der Waals surface area contributed by atoms with Crippen LogP contribution in [0.1, 0.15) is 16.1 Å². The lowest BCUT2D eigenvalue weighted by Gasteiger charge is -2.09. The van der Waals surface area contributed by atoms with Crippen LogP contribution >= 0.6 is 11.6 Å². The number of aryl methyl sites for hydroxylation is 1. The van der Waals surface area contributed by atoms with Crippen molar-refractivity contribution in [3.63, 3.8) is 0 Å². The van der Waals surface area contributed by atoms with Gasteiger partial charge in [0.05, 0.1) is 16.6 Å². The van der Waals surface area contributed by atoms with E-state index in [1.54, 1.807) is 22.7 Å². The van der Waals surface area contributed by atoms with Crippen LogP contribution in [0.5, 0.6) is 0 Å². The molecule has 4 aromatic heterocycles. The van der Waals surface area contributed by atoms with Crippen LogP contribution in [0.2, 0.25) is 5.02 Å². The number of aromatic nitrogens is 5. The molecule has 0 aliphatic carbocycles. The van der Waals surface area contributed by atoms with Crippen molar-refractivity contribution in [2.75, 3.05) is 5.43 Å². The van der Waals surface area contributed by atoms with Gasteiger partial charge in [0.2, 0.25) is 0 Å². The van der Waals surface area contributed by atoms with Gasteiger partial charge in [-0.15, -0.1) is 0 Å². The van der Waals surface area contributed by atoms with Crippen molar-refractivity contribution in [1.29, 1.82) is 0 Å². The molecule has 0 saturated heterocycles. The first kappa shape index (κ1) is 19.0. The first-order valence-electron chi connectivity index (χ1n) is 9.40. The van der Waals surface area contributed by atoms with Gasteiger partial charge in [-0.3, -0.25) is 20.0 Å². The highest BCUT2D eigenvalue weighted by Gasteiger charge is 2.17. The number of carbonyl (C=O) groups excluding carboxylic acids is 1. The van der Waals surface area contributed by atoms with E-state index in [0.717, 1.165) is 21.5 Å². The molecule has 1 aromatic carbocycles. The van der Waals surface area contributed by atoms with Gasteiger partial charge in [0, 0.05) is 40.9 Å². The molecule has 4 heterocycles. The summed E-state index contributed by atoms with van der Waals surface area (Å²) in [5, 5.41) is 5.57. The molecule has 0 spiro atoms. The van der Waals surface area contributed by atoms with Crippen molar-refractivity contribution in [2.24, 2.45) is 0 Å². The molecule has 0 aliphatic heterocycles. The SMILES string of the molecule is Cc1nn2c(ncc3c(=O)n(NC(=O)c4ccncc4)ccc32)c1-c1ccc(Cl)cc1. The average Bonchev–Trinajstić information content (AvgIpc) is 3.13. The van der Waals surface area contributed by atoms with Crippen molar-refractivity contribution in [1.82, 2.24) is 24.3 Å². The quantitative estimate of drug-likeness (QED) is 0.473. The Morgan fingerprint density at radius 2 is 1.81 bits per heavy atom. The molecule has 1 N–H and O–H groups in total. The molecule has 31 heavy (non-hydrogen) atoms. The van der Waals surface area contributed by atoms with Crippen LogP contribution in [0, 0.1) is 6.92 Å². The second-order valence-corrected chi connectivity index (χ2v) is 7.36. The summed E-state index contributed by atoms with van der Waals surface area (Å²) >= 11 is 6.01. The first-order chi connectivity index (χ1) is 15.0. The van der Waals surface area contributed by atoms with E-state index in [1.807, 2.05) is 31.2 Å². The second kappa shape index (κ2) is 7.33. The summed E-state index contributed by atoms with van der Waals surface area (Å²) in [4.78, 5) is 33.8. The van der Waals surface area contributed by atoms with Gasteiger partial charge < -0.3 is 0 Å². The summed E-state index contributed by atoms with van der Waals surface area (Å²) < 4.78 is 2.78. The van der Waals surface area contributed by atoms with Crippen LogP contribution in [-0.2, 0) is 0 Å². The summed E-state index contributed by atoms with van der Waals surface area (Å²) in [5.74, 6) is -0.419. The van der Waals surface area contributed by atoms with E-state index in [9.17, 15) is 9.59 Å². The third-order valence-corrected chi connectivity index (χ3v) is 5.24. The largest absolute Gasteiger partial charge is 0.280 e. The molecule has 8 nitrogen and oxygen atoms in total. The summed E-state index contributed by atoms with van der Waals surface area (Å²) in [6.07, 6.45) is 6.03. The lowest BCUT2D eigenvalue weighted by molar-refractivity contribution is 0.101. The molecule has 0 saturated carbocycles. The van der Waals surface area contributed by atoms with Crippen LogP contribution < -0.4 is 11.0 Å². The van der Waals surface area contributed by atoms with Gasteiger partial charge in [-0.05, 0) is 42.8 Å². The number of amides is 1. The topological polar surface area (TPSA) is 94.2 Å². The van der Waals surface area contributed by atoms with Crippen LogP contribution in [0.3, 0.4) is 0 Å². The molecule has 0 fully saturated rings. The Labute approximate surface area is 180 Å². The minimum atomic E-state index is -0.419. The van der Waals surface area contributed by atoms with Gasteiger partial charge in [-0.1, -0.05) is 23.7 Å². The highest BCUT2D eigenvalue weighted by atomic mass is 35.5. The fourth-order valence-electron chi connectivity index (χ4n) is 3.50. The molecule has 0 radical (unpaired) electrons. The Balaban J connectivity index is 1.61. The molecule has 152 valence electrons. The van der Waals surface area contributed by atoms with Gasteiger partial charge in [0.15, 0.2) is 5.65 Å². The van der Waals surface area contributed by atoms with E-state index in [0.29, 0.717) is 27.1 Å². The highest BCUT2D eigenvalue weighted by molar-refractivity contribution is 6.30. The number of hydrogen-bond acceptors (Lipinski definition) is 5. The summed E-state index contributed by atoms with van der Waals surface area (Å²) in [5.41, 5.74) is 6.37. The number of pyridine rings is 2. The van der Waals surface area contributed by atoms with Gasteiger partial charge >= 0.3 is 0 Å². The maximum atomic E-state index is 13.0. The van der Waals surface area contributed by atoms with Gasteiger partial charge in [0.25, 0.3) is 11.5 Å². The first-order valence-corrected chi connectivity index (χ1v) is 9.78. The number of rotatable bonds is 3. The number of nitrogens with one attached hydrogen (secondary N) is 1. The molecule has 0 atom stereocenters. The summed E-state index contributed by atoms with van der Waals surface area (Å²) in [6.45, 7) is 1.89. The molecule has 5 rings (SSSR count). The molecule has 1 amide bonds. The van der Waals surface area contributed by atoms with Crippen LogP contribution in [0.4, 0.5) is 0 Å². The predicted molar refractivity (Wildman–Crippen MR) is 118 cm³/mol. The van der Waals surface area contributed by atoms with Crippen LogP contribution in [0.25, 0.3) is 27.7 Å². The fraction of sp³-hybridized carbons (Fsp3) is 0.0455. The molecule has 0 bridgehead atoms. The predicted octanol–water partition coefficient (Wildman–Crippen LogP) is 3.45. The Kier molecular flexibility index (Phi) is 4.48. The maximum Gasteiger partial charge on any atom is 0.280 e. The van der Waals surface area contributed by atoms with Crippen molar-refractivity contribution in [2.45, 2.75) is 6.92 Å². The number of hydrogen-bond donors (Lipinski definition) is 1. The summed E-state index contributed by atoms with van der Waals surface area (Å²) in [7, 11) is 0.